The molecule has 0 aliphatic rings. The van der Waals surface area contributed by atoms with E-state index in [1.54, 1.807) is 18.4 Å². The molecule has 5 nitrogen and oxygen atoms in total. The predicted octanol–water partition coefficient (Wildman–Crippen LogP) is 5.08. The minimum absolute atomic E-state index is 0.0478. The Balaban J connectivity index is 1.59. The fourth-order valence-electron chi connectivity index (χ4n) is 2.92. The summed E-state index contributed by atoms with van der Waals surface area (Å²) in [6.45, 7) is 4.49. The van der Waals surface area contributed by atoms with Crippen LogP contribution in [0.1, 0.15) is 35.5 Å². The van der Waals surface area contributed by atoms with Crippen molar-refractivity contribution in [1.82, 2.24) is 15.6 Å². The van der Waals surface area contributed by atoms with Crippen molar-refractivity contribution < 1.29 is 9.53 Å². The monoisotopic (exact) mass is 395 g/mol. The van der Waals surface area contributed by atoms with Crippen molar-refractivity contribution in [3.63, 3.8) is 0 Å². The Morgan fingerprint density at radius 3 is 2.50 bits per heavy atom. The van der Waals surface area contributed by atoms with Crippen LogP contribution in [0.4, 0.5) is 4.79 Å². The summed E-state index contributed by atoms with van der Waals surface area (Å²) < 4.78 is 5.19. The molecule has 0 radical (unpaired) electrons. The van der Waals surface area contributed by atoms with Crippen molar-refractivity contribution in [2.75, 3.05) is 7.11 Å². The topological polar surface area (TPSA) is 63.2 Å². The van der Waals surface area contributed by atoms with Crippen LogP contribution >= 0.6 is 11.3 Å². The SMILES string of the molecule is CCC(NC(=O)NCc1sc(-c2ccccc2)nc1C)c1ccc(OC)cc1. The number of amides is 2. The number of hydrogen-bond acceptors (Lipinski definition) is 4. The summed E-state index contributed by atoms with van der Waals surface area (Å²) in [7, 11) is 1.64. The number of aromatic nitrogens is 1. The second kappa shape index (κ2) is 9.37. The summed E-state index contributed by atoms with van der Waals surface area (Å²) in [6.07, 6.45) is 0.803. The van der Waals surface area contributed by atoms with Gasteiger partial charge in [0.1, 0.15) is 10.8 Å². The molecular formula is C22H25N3O2S. The molecule has 1 heterocycles. The van der Waals surface area contributed by atoms with E-state index in [1.165, 1.54) is 0 Å². The maximum Gasteiger partial charge on any atom is 0.315 e. The van der Waals surface area contributed by atoms with E-state index in [0.29, 0.717) is 6.54 Å². The van der Waals surface area contributed by atoms with Crippen LogP contribution in [0.3, 0.4) is 0 Å². The first-order valence-electron chi connectivity index (χ1n) is 9.30. The normalized spacial score (nSPS) is 11.7. The molecule has 2 amide bonds. The molecule has 1 atom stereocenters. The van der Waals surface area contributed by atoms with Crippen molar-refractivity contribution in [1.29, 1.82) is 0 Å². The van der Waals surface area contributed by atoms with Crippen molar-refractivity contribution in [2.45, 2.75) is 32.9 Å². The van der Waals surface area contributed by atoms with Gasteiger partial charge in [0, 0.05) is 10.4 Å². The molecular weight excluding hydrogens is 370 g/mol. The van der Waals surface area contributed by atoms with Gasteiger partial charge < -0.3 is 15.4 Å². The minimum atomic E-state index is -0.184. The average molecular weight is 396 g/mol. The van der Waals surface area contributed by atoms with Crippen LogP contribution in [0.15, 0.2) is 54.6 Å². The number of benzene rings is 2. The van der Waals surface area contributed by atoms with Gasteiger partial charge in [0.05, 0.1) is 25.4 Å². The lowest BCUT2D eigenvalue weighted by atomic mass is 10.0. The lowest BCUT2D eigenvalue weighted by molar-refractivity contribution is 0.236. The minimum Gasteiger partial charge on any atom is -0.497 e. The number of hydrogen-bond donors (Lipinski definition) is 2. The van der Waals surface area contributed by atoms with Gasteiger partial charge in [0.2, 0.25) is 0 Å². The zero-order chi connectivity index (χ0) is 19.9. The van der Waals surface area contributed by atoms with Gasteiger partial charge in [-0.25, -0.2) is 9.78 Å². The Kier molecular flexibility index (Phi) is 6.66. The van der Waals surface area contributed by atoms with E-state index in [9.17, 15) is 4.79 Å². The second-order valence-electron chi connectivity index (χ2n) is 6.45. The van der Waals surface area contributed by atoms with Gasteiger partial charge >= 0.3 is 6.03 Å². The lowest BCUT2D eigenvalue weighted by Gasteiger charge is -2.18. The summed E-state index contributed by atoms with van der Waals surface area (Å²) in [4.78, 5) is 18.1. The van der Waals surface area contributed by atoms with E-state index in [-0.39, 0.29) is 12.1 Å². The number of thiazole rings is 1. The van der Waals surface area contributed by atoms with E-state index in [0.717, 1.165) is 38.9 Å². The van der Waals surface area contributed by atoms with Gasteiger partial charge in [-0.1, -0.05) is 49.4 Å². The first-order chi connectivity index (χ1) is 13.6. The molecule has 0 saturated carbocycles. The molecule has 146 valence electrons. The Bertz CT molecular complexity index is 907. The Labute approximate surface area is 169 Å². The molecule has 28 heavy (non-hydrogen) atoms. The average Bonchev–Trinajstić information content (AvgIpc) is 3.12. The quantitative estimate of drug-likeness (QED) is 0.586. The smallest absolute Gasteiger partial charge is 0.315 e. The fraction of sp³-hybridized carbons (Fsp3) is 0.273. The molecule has 2 aromatic carbocycles. The zero-order valence-corrected chi connectivity index (χ0v) is 17.2. The molecule has 6 heteroatoms. The third-order valence-electron chi connectivity index (χ3n) is 4.55. The molecule has 1 unspecified atom stereocenters. The lowest BCUT2D eigenvalue weighted by Crippen LogP contribution is -2.37. The van der Waals surface area contributed by atoms with E-state index in [1.807, 2.05) is 61.5 Å². The zero-order valence-electron chi connectivity index (χ0n) is 16.4. The van der Waals surface area contributed by atoms with Crippen LogP contribution in [0.5, 0.6) is 5.75 Å². The Hall–Kier alpha value is -2.86. The third kappa shape index (κ3) is 4.89. The molecule has 0 aliphatic heterocycles. The number of nitrogens with one attached hydrogen (secondary N) is 2. The fourth-order valence-corrected chi connectivity index (χ4v) is 3.93. The van der Waals surface area contributed by atoms with Crippen LogP contribution in [-0.2, 0) is 6.54 Å². The van der Waals surface area contributed by atoms with Crippen molar-refractivity contribution >= 4 is 17.4 Å². The molecule has 0 fully saturated rings. The maximum atomic E-state index is 12.4. The van der Waals surface area contributed by atoms with Gasteiger partial charge in [-0.2, -0.15) is 0 Å². The van der Waals surface area contributed by atoms with Crippen LogP contribution in [0.25, 0.3) is 10.6 Å². The molecule has 0 saturated heterocycles. The summed E-state index contributed by atoms with van der Waals surface area (Å²) in [5.74, 6) is 0.804. The highest BCUT2D eigenvalue weighted by Crippen LogP contribution is 2.27. The first-order valence-corrected chi connectivity index (χ1v) is 10.1. The number of ether oxygens (including phenoxy) is 1. The molecule has 0 aliphatic carbocycles. The summed E-state index contributed by atoms with van der Waals surface area (Å²) in [5.41, 5.74) is 3.10. The van der Waals surface area contributed by atoms with Crippen molar-refractivity contribution in [3.8, 4) is 16.3 Å². The summed E-state index contributed by atoms with van der Waals surface area (Å²) >= 11 is 1.61. The number of rotatable bonds is 7. The van der Waals surface area contributed by atoms with Crippen molar-refractivity contribution in [2.24, 2.45) is 0 Å². The Morgan fingerprint density at radius 2 is 1.86 bits per heavy atom. The largest absolute Gasteiger partial charge is 0.497 e. The molecule has 0 bridgehead atoms. The highest BCUT2D eigenvalue weighted by Gasteiger charge is 2.14. The molecule has 3 aromatic rings. The number of carbonyl (C=O) groups is 1. The third-order valence-corrected chi connectivity index (χ3v) is 5.76. The number of urea groups is 1. The standard InChI is InChI=1S/C22H25N3O2S/c1-4-19(16-10-12-18(27-3)13-11-16)25-22(26)23-14-20-15(2)24-21(28-20)17-8-6-5-7-9-17/h5-13,19H,4,14H2,1-3H3,(H2,23,25,26). The number of nitrogens with zero attached hydrogens (tertiary/aromatic N) is 1. The van der Waals surface area contributed by atoms with Gasteiger partial charge in [-0.05, 0) is 31.0 Å². The number of methoxy groups -OCH3 is 1. The molecule has 0 spiro atoms. The van der Waals surface area contributed by atoms with E-state index in [4.69, 9.17) is 4.74 Å². The molecule has 2 N–H and O–H groups in total. The number of aryl methyl sites for hydroxylation is 1. The van der Waals surface area contributed by atoms with E-state index < -0.39 is 0 Å². The van der Waals surface area contributed by atoms with E-state index in [2.05, 4.69) is 22.5 Å². The van der Waals surface area contributed by atoms with Gasteiger partial charge in [-0.3, -0.25) is 0 Å². The molecule has 1 aromatic heterocycles. The van der Waals surface area contributed by atoms with Gasteiger partial charge in [0.25, 0.3) is 0 Å². The van der Waals surface area contributed by atoms with Crippen LogP contribution in [-0.4, -0.2) is 18.1 Å². The summed E-state index contributed by atoms with van der Waals surface area (Å²) in [6, 6.07) is 17.6. The highest BCUT2D eigenvalue weighted by molar-refractivity contribution is 7.15. The first kappa shape index (κ1) is 19.9. The summed E-state index contributed by atoms with van der Waals surface area (Å²) in [5, 5.41) is 6.97. The van der Waals surface area contributed by atoms with Crippen LogP contribution < -0.4 is 15.4 Å². The van der Waals surface area contributed by atoms with Crippen LogP contribution in [0, 0.1) is 6.92 Å². The van der Waals surface area contributed by atoms with Gasteiger partial charge in [0.15, 0.2) is 0 Å². The van der Waals surface area contributed by atoms with Crippen molar-refractivity contribution in [3.05, 3.63) is 70.7 Å². The maximum absolute atomic E-state index is 12.4. The number of carbonyl (C=O) groups excluding carboxylic acids is 1. The predicted molar refractivity (Wildman–Crippen MR) is 114 cm³/mol. The molecule has 3 rings (SSSR count). The Morgan fingerprint density at radius 1 is 1.14 bits per heavy atom. The second-order valence-corrected chi connectivity index (χ2v) is 7.54. The van der Waals surface area contributed by atoms with Crippen LogP contribution in [0.2, 0.25) is 0 Å². The highest BCUT2D eigenvalue weighted by atomic mass is 32.1. The van der Waals surface area contributed by atoms with E-state index >= 15 is 0 Å². The van der Waals surface area contributed by atoms with Gasteiger partial charge in [-0.15, -0.1) is 11.3 Å².